The Kier molecular flexibility index (Phi) is 3.29. The Morgan fingerprint density at radius 2 is 2.09 bits per heavy atom. The molecule has 0 aromatic heterocycles. The van der Waals surface area contributed by atoms with Gasteiger partial charge in [0.1, 0.15) is 0 Å². The third-order valence-electron chi connectivity index (χ3n) is 1.62. The summed E-state index contributed by atoms with van der Waals surface area (Å²) in [4.78, 5) is 0. The van der Waals surface area contributed by atoms with Gasteiger partial charge < -0.3 is 0 Å². The molecular weight excluding hydrogens is 251 g/mol. The lowest BCUT2D eigenvalue weighted by Crippen LogP contribution is -2.26. The molecule has 3 N–H and O–H groups in total. The van der Waals surface area contributed by atoms with Crippen LogP contribution < -0.4 is 11.3 Å². The van der Waals surface area contributed by atoms with Crippen molar-refractivity contribution in [2.24, 2.45) is 5.84 Å². The minimum absolute atomic E-state index is 0.225. The van der Waals surface area contributed by atoms with E-state index in [9.17, 15) is 0 Å². The van der Waals surface area contributed by atoms with Gasteiger partial charge in [-0.25, -0.2) is 0 Å². The number of halogens is 1. The number of rotatable bonds is 2. The summed E-state index contributed by atoms with van der Waals surface area (Å²) in [5.74, 6) is 5.32. The fourth-order valence-electron chi connectivity index (χ4n) is 0.916. The van der Waals surface area contributed by atoms with Crippen LogP contribution in [0.5, 0.6) is 0 Å². The Hall–Kier alpha value is -0.130. The van der Waals surface area contributed by atoms with Gasteiger partial charge in [-0.2, -0.15) is 0 Å². The first-order valence-electron chi connectivity index (χ1n) is 3.46. The second-order valence-corrected chi connectivity index (χ2v) is 3.57. The van der Waals surface area contributed by atoms with E-state index in [2.05, 4.69) is 40.1 Å². The predicted octanol–water partition coefficient (Wildman–Crippen LogP) is 1.82. The molecule has 0 aliphatic carbocycles. The van der Waals surface area contributed by atoms with Gasteiger partial charge in [0, 0.05) is 9.61 Å². The molecule has 1 rings (SSSR count). The molecule has 0 fully saturated rings. The number of hydrazine groups is 1. The summed E-state index contributed by atoms with van der Waals surface area (Å²) >= 11 is 2.30. The lowest BCUT2D eigenvalue weighted by atomic mass is 10.1. The Morgan fingerprint density at radius 3 is 2.64 bits per heavy atom. The molecule has 0 aliphatic heterocycles. The Labute approximate surface area is 80.3 Å². The van der Waals surface area contributed by atoms with E-state index in [1.165, 1.54) is 9.13 Å². The van der Waals surface area contributed by atoms with Crippen molar-refractivity contribution in [1.29, 1.82) is 0 Å². The summed E-state index contributed by atoms with van der Waals surface area (Å²) in [5.41, 5.74) is 3.96. The van der Waals surface area contributed by atoms with Crippen LogP contribution in [0.25, 0.3) is 0 Å². The van der Waals surface area contributed by atoms with E-state index in [0.717, 1.165) is 0 Å². The molecule has 1 atom stereocenters. The highest BCUT2D eigenvalue weighted by molar-refractivity contribution is 14.1. The normalized spacial score (nSPS) is 13.0. The van der Waals surface area contributed by atoms with Crippen LogP contribution in [-0.4, -0.2) is 0 Å². The van der Waals surface area contributed by atoms with Gasteiger partial charge in [-0.05, 0) is 41.1 Å². The molecule has 0 bridgehead atoms. The van der Waals surface area contributed by atoms with Gasteiger partial charge in [0.2, 0.25) is 0 Å². The number of benzene rings is 1. The van der Waals surface area contributed by atoms with Crippen molar-refractivity contribution in [1.82, 2.24) is 5.43 Å². The highest BCUT2D eigenvalue weighted by Crippen LogP contribution is 2.17. The van der Waals surface area contributed by atoms with Gasteiger partial charge in [0.25, 0.3) is 0 Å². The average Bonchev–Trinajstić information content (AvgIpc) is 2.04. The zero-order valence-corrected chi connectivity index (χ0v) is 8.50. The van der Waals surface area contributed by atoms with E-state index in [0.29, 0.717) is 0 Å². The first-order chi connectivity index (χ1) is 5.25. The Bertz CT molecular complexity index is 237. The summed E-state index contributed by atoms with van der Waals surface area (Å²) in [7, 11) is 0. The van der Waals surface area contributed by atoms with E-state index in [4.69, 9.17) is 5.84 Å². The van der Waals surface area contributed by atoms with Crippen molar-refractivity contribution in [2.45, 2.75) is 13.0 Å². The van der Waals surface area contributed by atoms with E-state index >= 15 is 0 Å². The SMILES string of the molecule is C[C@H](NN)c1ccccc1I. The fourth-order valence-corrected chi connectivity index (χ4v) is 1.77. The molecule has 0 saturated heterocycles. The molecule has 11 heavy (non-hydrogen) atoms. The predicted molar refractivity (Wildman–Crippen MR) is 54.9 cm³/mol. The molecule has 2 nitrogen and oxygen atoms in total. The van der Waals surface area contributed by atoms with E-state index < -0.39 is 0 Å². The van der Waals surface area contributed by atoms with Gasteiger partial charge in [0.15, 0.2) is 0 Å². The molecule has 0 aliphatic rings. The lowest BCUT2D eigenvalue weighted by Gasteiger charge is -2.11. The molecule has 0 unspecified atom stereocenters. The molecule has 0 amide bonds. The molecule has 0 heterocycles. The fraction of sp³-hybridized carbons (Fsp3) is 0.250. The molecule has 60 valence electrons. The molecular formula is C8H11IN2. The molecule has 3 heteroatoms. The quantitative estimate of drug-likeness (QED) is 0.484. The van der Waals surface area contributed by atoms with Gasteiger partial charge in [-0.15, -0.1) is 0 Å². The molecule has 1 aromatic carbocycles. The molecule has 0 spiro atoms. The zero-order valence-electron chi connectivity index (χ0n) is 6.34. The topological polar surface area (TPSA) is 38.0 Å². The lowest BCUT2D eigenvalue weighted by molar-refractivity contribution is 0.600. The minimum atomic E-state index is 0.225. The van der Waals surface area contributed by atoms with E-state index in [1.807, 2.05) is 19.1 Å². The second-order valence-electron chi connectivity index (χ2n) is 2.41. The summed E-state index contributed by atoms with van der Waals surface area (Å²) in [6.45, 7) is 2.04. The number of nitrogens with one attached hydrogen (secondary N) is 1. The van der Waals surface area contributed by atoms with Gasteiger partial charge in [0.05, 0.1) is 0 Å². The maximum atomic E-state index is 5.32. The van der Waals surface area contributed by atoms with Crippen molar-refractivity contribution in [3.8, 4) is 0 Å². The van der Waals surface area contributed by atoms with Crippen molar-refractivity contribution >= 4 is 22.6 Å². The molecule has 0 radical (unpaired) electrons. The van der Waals surface area contributed by atoms with Crippen LogP contribution in [0.1, 0.15) is 18.5 Å². The molecule has 0 saturated carbocycles. The molecule has 1 aromatic rings. The standard InChI is InChI=1S/C8H11IN2/c1-6(11-10)7-4-2-3-5-8(7)9/h2-6,11H,10H2,1H3/t6-/m0/s1. The average molecular weight is 262 g/mol. The highest BCUT2D eigenvalue weighted by atomic mass is 127. The number of hydrogen-bond acceptors (Lipinski definition) is 2. The van der Waals surface area contributed by atoms with Crippen molar-refractivity contribution in [3.63, 3.8) is 0 Å². The maximum absolute atomic E-state index is 5.32. The van der Waals surface area contributed by atoms with Gasteiger partial charge in [-0.3, -0.25) is 11.3 Å². The van der Waals surface area contributed by atoms with Crippen LogP contribution in [0.3, 0.4) is 0 Å². The van der Waals surface area contributed by atoms with Crippen LogP contribution in [0.15, 0.2) is 24.3 Å². The Morgan fingerprint density at radius 1 is 1.45 bits per heavy atom. The van der Waals surface area contributed by atoms with Crippen LogP contribution in [-0.2, 0) is 0 Å². The van der Waals surface area contributed by atoms with Crippen LogP contribution in [0.4, 0.5) is 0 Å². The van der Waals surface area contributed by atoms with Crippen LogP contribution in [0, 0.1) is 3.57 Å². The smallest absolute Gasteiger partial charge is 0.0442 e. The largest absolute Gasteiger partial charge is 0.271 e. The second kappa shape index (κ2) is 4.04. The third kappa shape index (κ3) is 2.15. The third-order valence-corrected chi connectivity index (χ3v) is 2.60. The van der Waals surface area contributed by atoms with Crippen LogP contribution >= 0.6 is 22.6 Å². The number of nitrogens with two attached hydrogens (primary N) is 1. The van der Waals surface area contributed by atoms with Crippen molar-refractivity contribution < 1.29 is 0 Å². The summed E-state index contributed by atoms with van der Waals surface area (Å²) < 4.78 is 1.25. The monoisotopic (exact) mass is 262 g/mol. The Balaban J connectivity index is 2.93. The first kappa shape index (κ1) is 8.96. The summed E-state index contributed by atoms with van der Waals surface area (Å²) in [5, 5.41) is 0. The highest BCUT2D eigenvalue weighted by Gasteiger charge is 2.04. The summed E-state index contributed by atoms with van der Waals surface area (Å²) in [6.07, 6.45) is 0. The summed E-state index contributed by atoms with van der Waals surface area (Å²) in [6, 6.07) is 8.42. The van der Waals surface area contributed by atoms with Crippen molar-refractivity contribution in [3.05, 3.63) is 33.4 Å². The number of hydrogen-bond donors (Lipinski definition) is 2. The zero-order chi connectivity index (χ0) is 8.27. The van der Waals surface area contributed by atoms with E-state index in [1.54, 1.807) is 0 Å². The van der Waals surface area contributed by atoms with Gasteiger partial charge in [-0.1, -0.05) is 18.2 Å². The first-order valence-corrected chi connectivity index (χ1v) is 4.54. The van der Waals surface area contributed by atoms with Crippen molar-refractivity contribution in [2.75, 3.05) is 0 Å². The van der Waals surface area contributed by atoms with Gasteiger partial charge >= 0.3 is 0 Å². The maximum Gasteiger partial charge on any atom is 0.0442 e. The van der Waals surface area contributed by atoms with E-state index in [-0.39, 0.29) is 6.04 Å². The minimum Gasteiger partial charge on any atom is -0.271 e. The van der Waals surface area contributed by atoms with Crippen LogP contribution in [0.2, 0.25) is 0 Å².